The van der Waals surface area contributed by atoms with Crippen molar-refractivity contribution >= 4 is 23.4 Å². The van der Waals surface area contributed by atoms with Crippen molar-refractivity contribution in [1.29, 1.82) is 0 Å². The van der Waals surface area contributed by atoms with Crippen molar-refractivity contribution in [3.63, 3.8) is 0 Å². The average Bonchev–Trinajstić information content (AvgIpc) is 3.24. The van der Waals surface area contributed by atoms with Crippen LogP contribution in [0.5, 0.6) is 0 Å². The number of morpholine rings is 1. The number of anilines is 1. The molecule has 0 spiro atoms. The first-order valence-electron chi connectivity index (χ1n) is 10.5. The van der Waals surface area contributed by atoms with Gasteiger partial charge in [0.05, 0.1) is 19.0 Å². The van der Waals surface area contributed by atoms with Crippen LogP contribution < -0.4 is 11.0 Å². The molecule has 30 heavy (non-hydrogen) atoms. The third-order valence-electron chi connectivity index (χ3n) is 5.62. The van der Waals surface area contributed by atoms with Crippen LogP contribution in [0, 0.1) is 6.92 Å². The Morgan fingerprint density at radius 2 is 1.93 bits per heavy atom. The van der Waals surface area contributed by atoms with Crippen LogP contribution >= 0.6 is 11.8 Å². The fourth-order valence-electron chi connectivity index (χ4n) is 3.97. The molecule has 1 amide bonds. The number of hydrogen-bond acceptors (Lipinski definition) is 6. The summed E-state index contributed by atoms with van der Waals surface area (Å²) in [7, 11) is 0. The molecule has 0 atom stereocenters. The fraction of sp³-hybridized carbons (Fsp3) is 0.500. The summed E-state index contributed by atoms with van der Waals surface area (Å²) < 4.78 is 7.24. The van der Waals surface area contributed by atoms with Crippen LogP contribution in [0.3, 0.4) is 0 Å². The molecular formula is C22H28N4O3S. The van der Waals surface area contributed by atoms with E-state index in [0.29, 0.717) is 11.6 Å². The predicted octanol–water partition coefficient (Wildman–Crippen LogP) is 2.10. The second kappa shape index (κ2) is 9.76. The maximum absolute atomic E-state index is 12.7. The van der Waals surface area contributed by atoms with E-state index in [-0.39, 0.29) is 17.3 Å². The molecule has 4 rings (SSSR count). The van der Waals surface area contributed by atoms with Gasteiger partial charge in [-0.25, -0.2) is 4.79 Å². The highest BCUT2D eigenvalue weighted by Crippen LogP contribution is 2.29. The summed E-state index contributed by atoms with van der Waals surface area (Å²) in [6.07, 6.45) is 2.85. The second-order valence-corrected chi connectivity index (χ2v) is 8.75. The minimum atomic E-state index is -0.203. The number of nitrogens with one attached hydrogen (secondary N) is 1. The summed E-state index contributed by atoms with van der Waals surface area (Å²) >= 11 is 1.36. The van der Waals surface area contributed by atoms with Gasteiger partial charge >= 0.3 is 5.69 Å². The predicted molar refractivity (Wildman–Crippen MR) is 118 cm³/mol. The van der Waals surface area contributed by atoms with Crippen molar-refractivity contribution in [2.24, 2.45) is 0 Å². The van der Waals surface area contributed by atoms with Crippen LogP contribution in [-0.4, -0.2) is 59.0 Å². The maximum Gasteiger partial charge on any atom is 0.348 e. The highest BCUT2D eigenvalue weighted by atomic mass is 32.2. The summed E-state index contributed by atoms with van der Waals surface area (Å²) in [5, 5.41) is 3.62. The van der Waals surface area contributed by atoms with Gasteiger partial charge in [-0.1, -0.05) is 29.5 Å². The van der Waals surface area contributed by atoms with Crippen molar-refractivity contribution in [1.82, 2.24) is 14.5 Å². The molecule has 1 saturated heterocycles. The van der Waals surface area contributed by atoms with Gasteiger partial charge in [-0.05, 0) is 38.3 Å². The Labute approximate surface area is 180 Å². The molecule has 2 aromatic rings. The SMILES string of the molecule is Cc1ccc(NC(=O)CSc2nc(=O)n(CCN3CCOCC3)c3c2CCC3)cc1. The third-order valence-corrected chi connectivity index (χ3v) is 6.64. The van der Waals surface area contributed by atoms with Crippen LogP contribution in [0.25, 0.3) is 0 Å². The van der Waals surface area contributed by atoms with Gasteiger partial charge in [0.25, 0.3) is 0 Å². The summed E-state index contributed by atoms with van der Waals surface area (Å²) in [5.74, 6) is 0.152. The molecule has 160 valence electrons. The van der Waals surface area contributed by atoms with Gasteiger partial charge < -0.3 is 10.1 Å². The second-order valence-electron chi connectivity index (χ2n) is 7.79. The Morgan fingerprint density at radius 3 is 2.70 bits per heavy atom. The number of rotatable bonds is 7. The lowest BCUT2D eigenvalue weighted by Gasteiger charge is -2.27. The van der Waals surface area contributed by atoms with Crippen molar-refractivity contribution in [3.8, 4) is 0 Å². The minimum Gasteiger partial charge on any atom is -0.379 e. The Morgan fingerprint density at radius 1 is 1.17 bits per heavy atom. The zero-order chi connectivity index (χ0) is 20.9. The van der Waals surface area contributed by atoms with Crippen molar-refractivity contribution in [2.75, 3.05) is 43.9 Å². The molecule has 1 N–H and O–H groups in total. The summed E-state index contributed by atoms with van der Waals surface area (Å²) in [4.78, 5) is 31.8. The molecule has 1 fully saturated rings. The highest BCUT2D eigenvalue weighted by Gasteiger charge is 2.23. The number of benzene rings is 1. The zero-order valence-electron chi connectivity index (χ0n) is 17.4. The number of ether oxygens (including phenoxy) is 1. The van der Waals surface area contributed by atoms with E-state index in [4.69, 9.17) is 4.74 Å². The van der Waals surface area contributed by atoms with E-state index in [0.717, 1.165) is 74.6 Å². The Balaban J connectivity index is 1.40. The number of hydrogen-bond donors (Lipinski definition) is 1. The van der Waals surface area contributed by atoms with E-state index in [1.165, 1.54) is 11.8 Å². The van der Waals surface area contributed by atoms with Crippen LogP contribution in [0.1, 0.15) is 23.2 Å². The quantitative estimate of drug-likeness (QED) is 0.538. The first-order chi connectivity index (χ1) is 14.6. The molecule has 7 nitrogen and oxygen atoms in total. The topological polar surface area (TPSA) is 76.5 Å². The monoisotopic (exact) mass is 428 g/mol. The normalized spacial score (nSPS) is 16.4. The van der Waals surface area contributed by atoms with E-state index < -0.39 is 0 Å². The highest BCUT2D eigenvalue weighted by molar-refractivity contribution is 8.00. The zero-order valence-corrected chi connectivity index (χ0v) is 18.2. The minimum absolute atomic E-state index is 0.0890. The summed E-state index contributed by atoms with van der Waals surface area (Å²) in [5.41, 5.74) is 3.97. The number of aryl methyl sites for hydroxylation is 1. The number of fused-ring (bicyclic) bond motifs is 1. The van der Waals surface area contributed by atoms with Crippen molar-refractivity contribution < 1.29 is 9.53 Å². The Kier molecular flexibility index (Phi) is 6.86. The van der Waals surface area contributed by atoms with Gasteiger partial charge in [0.1, 0.15) is 5.03 Å². The van der Waals surface area contributed by atoms with Crippen LogP contribution in [-0.2, 0) is 28.9 Å². The first-order valence-corrected chi connectivity index (χ1v) is 11.5. The average molecular weight is 429 g/mol. The molecule has 0 radical (unpaired) electrons. The van der Waals surface area contributed by atoms with E-state index in [1.54, 1.807) is 0 Å². The molecule has 1 aliphatic heterocycles. The third kappa shape index (κ3) is 5.11. The standard InChI is InChI=1S/C22H28N4O3S/c1-16-5-7-17(8-6-16)23-20(27)15-30-21-18-3-2-4-19(18)26(22(28)24-21)10-9-25-11-13-29-14-12-25/h5-8H,2-4,9-15H2,1H3,(H,23,27). The van der Waals surface area contributed by atoms with Crippen LogP contribution in [0.2, 0.25) is 0 Å². The molecule has 1 aliphatic carbocycles. The summed E-state index contributed by atoms with van der Waals surface area (Å²) in [6.45, 7) is 6.84. The van der Waals surface area contributed by atoms with Gasteiger partial charge in [-0.3, -0.25) is 14.3 Å². The maximum atomic E-state index is 12.7. The number of carbonyl (C=O) groups is 1. The largest absolute Gasteiger partial charge is 0.379 e. The molecule has 2 aliphatic rings. The van der Waals surface area contributed by atoms with Crippen LogP contribution in [0.4, 0.5) is 5.69 Å². The smallest absolute Gasteiger partial charge is 0.348 e. The molecule has 1 aromatic heterocycles. The Hall–Kier alpha value is -2.16. The van der Waals surface area contributed by atoms with E-state index in [1.807, 2.05) is 35.8 Å². The Bertz CT molecular complexity index is 952. The molecule has 1 aromatic carbocycles. The number of amides is 1. The van der Waals surface area contributed by atoms with Gasteiger partial charge in [-0.2, -0.15) is 4.98 Å². The van der Waals surface area contributed by atoms with Gasteiger partial charge in [0, 0.05) is 43.1 Å². The number of nitrogens with zero attached hydrogens (tertiary/aromatic N) is 3. The fourth-order valence-corrected chi connectivity index (χ4v) is 4.85. The molecule has 0 saturated carbocycles. The molecule has 8 heteroatoms. The van der Waals surface area contributed by atoms with Crippen molar-refractivity contribution in [2.45, 2.75) is 37.8 Å². The number of aromatic nitrogens is 2. The lowest BCUT2D eigenvalue weighted by Crippen LogP contribution is -2.40. The van der Waals surface area contributed by atoms with E-state index in [2.05, 4.69) is 15.2 Å². The summed E-state index contributed by atoms with van der Waals surface area (Å²) in [6, 6.07) is 7.72. The molecule has 2 heterocycles. The van der Waals surface area contributed by atoms with E-state index in [9.17, 15) is 9.59 Å². The lowest BCUT2D eigenvalue weighted by atomic mass is 10.2. The van der Waals surface area contributed by atoms with Crippen LogP contribution in [0.15, 0.2) is 34.1 Å². The molecule has 0 unspecified atom stereocenters. The molecular weight excluding hydrogens is 400 g/mol. The van der Waals surface area contributed by atoms with E-state index >= 15 is 0 Å². The molecule has 0 bridgehead atoms. The number of thioether (sulfide) groups is 1. The van der Waals surface area contributed by atoms with Gasteiger partial charge in [-0.15, -0.1) is 0 Å². The number of carbonyl (C=O) groups excluding carboxylic acids is 1. The first kappa shape index (κ1) is 21.1. The van der Waals surface area contributed by atoms with Crippen molar-refractivity contribution in [3.05, 3.63) is 51.6 Å². The van der Waals surface area contributed by atoms with Gasteiger partial charge in [0.15, 0.2) is 0 Å². The van der Waals surface area contributed by atoms with Gasteiger partial charge in [0.2, 0.25) is 5.91 Å². The lowest BCUT2D eigenvalue weighted by molar-refractivity contribution is -0.113.